The van der Waals surface area contributed by atoms with Gasteiger partial charge in [-0.2, -0.15) is 9.13 Å². The molecule has 4 heterocycles. The second-order valence-electron chi connectivity index (χ2n) is 10.3. The molecule has 2 nitrogen and oxygen atoms in total. The summed E-state index contributed by atoms with van der Waals surface area (Å²) in [5, 5.41) is 2.65. The summed E-state index contributed by atoms with van der Waals surface area (Å²) in [4.78, 5) is 0. The number of aromatic nitrogens is 2. The number of nitrogens with zero attached hydrogens (tertiary/aromatic N) is 2. The van der Waals surface area contributed by atoms with Gasteiger partial charge in [0, 0.05) is 23.3 Å². The van der Waals surface area contributed by atoms with Crippen molar-refractivity contribution < 1.29 is 9.13 Å². The van der Waals surface area contributed by atoms with Gasteiger partial charge in [-0.25, -0.2) is 0 Å². The van der Waals surface area contributed by atoms with Crippen LogP contribution in [0.3, 0.4) is 0 Å². The van der Waals surface area contributed by atoms with Crippen LogP contribution in [0.15, 0.2) is 103 Å². The number of hydrogen-bond donors (Lipinski definition) is 0. The normalized spacial score (nSPS) is 18.4. The van der Waals surface area contributed by atoms with Gasteiger partial charge in [0.25, 0.3) is 0 Å². The van der Waals surface area contributed by atoms with E-state index in [2.05, 4.69) is 119 Å². The number of aryl methyl sites for hydroxylation is 1. The molecular formula is C32H28N2+2. The molecule has 5 aromatic rings. The minimum Gasteiger partial charge on any atom is -0.197 e. The zero-order chi connectivity index (χ0) is 22.7. The molecule has 3 aromatic carbocycles. The Morgan fingerprint density at radius 3 is 2.18 bits per heavy atom. The predicted octanol–water partition coefficient (Wildman–Crippen LogP) is 5.86. The fourth-order valence-corrected chi connectivity index (χ4v) is 6.43. The second-order valence-corrected chi connectivity index (χ2v) is 10.3. The molecule has 0 saturated carbocycles. The molecule has 1 atom stereocenters. The van der Waals surface area contributed by atoms with Gasteiger partial charge < -0.3 is 0 Å². The van der Waals surface area contributed by atoms with Crippen molar-refractivity contribution in [3.05, 3.63) is 120 Å². The average molecular weight is 441 g/mol. The second kappa shape index (κ2) is 7.36. The van der Waals surface area contributed by atoms with E-state index in [9.17, 15) is 0 Å². The highest BCUT2D eigenvalue weighted by Crippen LogP contribution is 2.41. The quantitative estimate of drug-likeness (QED) is 0.267. The highest BCUT2D eigenvalue weighted by atomic mass is 15.0. The summed E-state index contributed by atoms with van der Waals surface area (Å²) in [6.07, 6.45) is 6.80. The van der Waals surface area contributed by atoms with Crippen LogP contribution in [0.2, 0.25) is 0 Å². The summed E-state index contributed by atoms with van der Waals surface area (Å²) in [6, 6.07) is 33.8. The van der Waals surface area contributed by atoms with Gasteiger partial charge in [-0.15, -0.1) is 0 Å². The first-order valence-corrected chi connectivity index (χ1v) is 12.3. The zero-order valence-electron chi connectivity index (χ0n) is 19.5. The van der Waals surface area contributed by atoms with Crippen LogP contribution in [-0.2, 0) is 25.9 Å². The van der Waals surface area contributed by atoms with Crippen LogP contribution in [0.5, 0.6) is 0 Å². The molecule has 2 aromatic heterocycles. The van der Waals surface area contributed by atoms with Gasteiger partial charge in [0.2, 0.25) is 11.4 Å². The fraction of sp³-hybridized carbons (Fsp3) is 0.188. The molecule has 2 aliphatic heterocycles. The van der Waals surface area contributed by atoms with E-state index in [1.54, 1.807) is 0 Å². The molecule has 0 saturated heterocycles. The Bertz CT molecular complexity index is 1580. The molecular weight excluding hydrogens is 412 g/mol. The number of benzene rings is 3. The molecule has 7 rings (SSSR count). The third-order valence-electron chi connectivity index (χ3n) is 7.82. The molecule has 1 unspecified atom stereocenters. The minimum absolute atomic E-state index is 0.0777. The maximum Gasteiger partial charge on any atom is 0.220 e. The van der Waals surface area contributed by atoms with E-state index in [4.69, 9.17) is 0 Å². The van der Waals surface area contributed by atoms with Crippen molar-refractivity contribution in [2.45, 2.75) is 32.9 Å². The standard InChI is InChI=1S/C32H28N2/c1-23-14-15-30-27-11-5-3-9-25(27)18-32(22-34(30)20-23)19-26-10-4-7-13-29(26)31-28-12-6-2-8-24(28)16-17-33(31)21-32/h2-17,20H,18-19,21-22H2,1H3/q+2. The Balaban J connectivity index is 1.50. The maximum atomic E-state index is 2.54. The molecule has 34 heavy (non-hydrogen) atoms. The lowest BCUT2D eigenvalue weighted by Gasteiger charge is -2.26. The van der Waals surface area contributed by atoms with Crippen LogP contribution < -0.4 is 9.13 Å². The molecule has 0 bridgehead atoms. The lowest BCUT2D eigenvalue weighted by Crippen LogP contribution is -2.53. The molecule has 0 amide bonds. The van der Waals surface area contributed by atoms with Gasteiger partial charge in [0.05, 0.1) is 16.4 Å². The van der Waals surface area contributed by atoms with Crippen molar-refractivity contribution in [2.24, 2.45) is 5.41 Å². The molecule has 0 aliphatic carbocycles. The van der Waals surface area contributed by atoms with E-state index < -0.39 is 0 Å². The summed E-state index contributed by atoms with van der Waals surface area (Å²) in [5.41, 5.74) is 9.75. The SMILES string of the molecule is Cc1ccc2[n+](c1)CC1(Cc3ccccc3-2)Cc2ccccc2-c2c3ccccc3cc[n+]2C1. The highest BCUT2D eigenvalue weighted by molar-refractivity contribution is 5.93. The summed E-state index contributed by atoms with van der Waals surface area (Å²) in [5.74, 6) is 0. The van der Waals surface area contributed by atoms with Crippen LogP contribution >= 0.6 is 0 Å². The van der Waals surface area contributed by atoms with Crippen LogP contribution in [0.1, 0.15) is 16.7 Å². The molecule has 0 radical (unpaired) electrons. The predicted molar refractivity (Wildman–Crippen MR) is 136 cm³/mol. The Labute approximate surface area is 200 Å². The molecule has 1 spiro atoms. The Morgan fingerprint density at radius 1 is 0.647 bits per heavy atom. The monoisotopic (exact) mass is 440 g/mol. The first kappa shape index (κ1) is 19.7. The molecule has 2 heteroatoms. The van der Waals surface area contributed by atoms with Gasteiger partial charge in [0.15, 0.2) is 25.5 Å². The van der Waals surface area contributed by atoms with E-state index in [1.165, 1.54) is 50.0 Å². The molecule has 0 N–H and O–H groups in total. The van der Waals surface area contributed by atoms with Crippen LogP contribution in [0.4, 0.5) is 0 Å². The smallest absolute Gasteiger partial charge is 0.197 e. The zero-order valence-corrected chi connectivity index (χ0v) is 19.5. The van der Waals surface area contributed by atoms with Crippen molar-refractivity contribution in [1.82, 2.24) is 0 Å². The van der Waals surface area contributed by atoms with Gasteiger partial charge in [-0.1, -0.05) is 54.6 Å². The lowest BCUT2D eigenvalue weighted by atomic mass is 9.76. The van der Waals surface area contributed by atoms with E-state index >= 15 is 0 Å². The number of rotatable bonds is 0. The topological polar surface area (TPSA) is 7.76 Å². The summed E-state index contributed by atoms with van der Waals surface area (Å²) in [6.45, 7) is 4.21. The van der Waals surface area contributed by atoms with Crippen molar-refractivity contribution >= 4 is 10.8 Å². The van der Waals surface area contributed by atoms with Crippen LogP contribution in [-0.4, -0.2) is 0 Å². The summed E-state index contributed by atoms with van der Waals surface area (Å²) < 4.78 is 5.06. The first-order valence-electron chi connectivity index (χ1n) is 12.3. The Kier molecular flexibility index (Phi) is 4.26. The van der Waals surface area contributed by atoms with E-state index in [0.29, 0.717) is 0 Å². The first-order chi connectivity index (χ1) is 16.7. The van der Waals surface area contributed by atoms with Crippen molar-refractivity contribution in [3.63, 3.8) is 0 Å². The van der Waals surface area contributed by atoms with Gasteiger partial charge in [-0.3, -0.25) is 0 Å². The average Bonchev–Trinajstić information content (AvgIpc) is 3.07. The molecule has 0 fully saturated rings. The highest BCUT2D eigenvalue weighted by Gasteiger charge is 2.46. The number of hydrogen-bond acceptors (Lipinski definition) is 0. The van der Waals surface area contributed by atoms with Crippen LogP contribution in [0.25, 0.3) is 33.3 Å². The minimum atomic E-state index is 0.0777. The third-order valence-corrected chi connectivity index (χ3v) is 7.82. The number of pyridine rings is 2. The third kappa shape index (κ3) is 3.02. The summed E-state index contributed by atoms with van der Waals surface area (Å²) in [7, 11) is 0. The summed E-state index contributed by atoms with van der Waals surface area (Å²) >= 11 is 0. The molecule has 2 aliphatic rings. The van der Waals surface area contributed by atoms with Crippen molar-refractivity contribution in [1.29, 1.82) is 0 Å². The van der Waals surface area contributed by atoms with E-state index in [-0.39, 0.29) is 5.41 Å². The van der Waals surface area contributed by atoms with Crippen molar-refractivity contribution in [2.75, 3.05) is 0 Å². The Morgan fingerprint density at radius 2 is 1.32 bits per heavy atom. The molecule has 164 valence electrons. The van der Waals surface area contributed by atoms with Gasteiger partial charge >= 0.3 is 0 Å². The van der Waals surface area contributed by atoms with Crippen LogP contribution in [0, 0.1) is 12.3 Å². The fourth-order valence-electron chi connectivity index (χ4n) is 6.43. The van der Waals surface area contributed by atoms with Gasteiger partial charge in [-0.05, 0) is 60.5 Å². The van der Waals surface area contributed by atoms with E-state index in [1.807, 2.05) is 0 Å². The van der Waals surface area contributed by atoms with Gasteiger partial charge in [0.1, 0.15) is 0 Å². The van der Waals surface area contributed by atoms with E-state index in [0.717, 1.165) is 25.9 Å². The maximum absolute atomic E-state index is 2.54. The number of fused-ring (bicyclic) bond motifs is 8. The van der Waals surface area contributed by atoms with Crippen molar-refractivity contribution in [3.8, 4) is 22.5 Å². The largest absolute Gasteiger partial charge is 0.220 e. The Hall–Kier alpha value is -3.78. The lowest BCUT2D eigenvalue weighted by molar-refractivity contribution is -0.737.